The molecule has 8 heteroatoms. The Bertz CT molecular complexity index is 1230. The number of hydrogen-bond donors (Lipinski definition) is 0. The third-order valence-corrected chi connectivity index (χ3v) is 8.06. The van der Waals surface area contributed by atoms with Crippen molar-refractivity contribution in [2.24, 2.45) is 0 Å². The summed E-state index contributed by atoms with van der Waals surface area (Å²) in [5, 5.41) is 2.56. The van der Waals surface area contributed by atoms with Crippen molar-refractivity contribution in [3.63, 3.8) is 0 Å². The van der Waals surface area contributed by atoms with Crippen LogP contribution < -0.4 is 4.74 Å². The predicted molar refractivity (Wildman–Crippen MR) is 152 cm³/mol. The van der Waals surface area contributed by atoms with Crippen molar-refractivity contribution in [3.8, 4) is 5.75 Å². The van der Waals surface area contributed by atoms with Crippen LogP contribution in [0.5, 0.6) is 5.75 Å². The van der Waals surface area contributed by atoms with Crippen LogP contribution in [0.1, 0.15) is 58.6 Å². The van der Waals surface area contributed by atoms with Crippen LogP contribution >= 0.6 is 22.9 Å². The number of ether oxygens (including phenoxy) is 2. The zero-order valence-corrected chi connectivity index (χ0v) is 23.8. The number of benzene rings is 2. The summed E-state index contributed by atoms with van der Waals surface area (Å²) >= 11 is 7.85. The van der Waals surface area contributed by atoms with E-state index in [1.807, 2.05) is 17.0 Å². The van der Waals surface area contributed by atoms with Crippen molar-refractivity contribution in [1.82, 2.24) is 9.80 Å². The third kappa shape index (κ3) is 6.95. The molecule has 1 aliphatic heterocycles. The van der Waals surface area contributed by atoms with Gasteiger partial charge in [0.25, 0.3) is 5.91 Å². The zero-order chi connectivity index (χ0) is 27.1. The van der Waals surface area contributed by atoms with E-state index in [4.69, 9.17) is 21.1 Å². The number of rotatable bonds is 11. The summed E-state index contributed by atoms with van der Waals surface area (Å²) in [5.74, 6) is 0.911. The van der Waals surface area contributed by atoms with Gasteiger partial charge >= 0.3 is 0 Å². The second-order valence-electron chi connectivity index (χ2n) is 9.77. The predicted octanol–water partition coefficient (Wildman–Crippen LogP) is 6.21. The molecule has 3 aromatic rings. The Kier molecular flexibility index (Phi) is 9.83. The highest BCUT2D eigenvalue weighted by atomic mass is 35.5. The molecule has 4 rings (SSSR count). The lowest BCUT2D eigenvalue weighted by molar-refractivity contribution is -0.135. The van der Waals surface area contributed by atoms with Crippen molar-refractivity contribution < 1.29 is 19.1 Å². The maximum atomic E-state index is 13.7. The molecule has 202 valence electrons. The summed E-state index contributed by atoms with van der Waals surface area (Å²) in [6.45, 7) is 6.15. The van der Waals surface area contributed by atoms with Crippen LogP contribution in [0.3, 0.4) is 0 Å². The first-order valence-electron chi connectivity index (χ1n) is 13.0. The highest BCUT2D eigenvalue weighted by Gasteiger charge is 2.33. The van der Waals surface area contributed by atoms with E-state index in [0.29, 0.717) is 49.2 Å². The molecular weight excluding hydrogens is 520 g/mol. The summed E-state index contributed by atoms with van der Waals surface area (Å²) in [7, 11) is 1.63. The van der Waals surface area contributed by atoms with Gasteiger partial charge in [-0.3, -0.25) is 9.59 Å². The van der Waals surface area contributed by atoms with E-state index < -0.39 is 0 Å². The Morgan fingerprint density at radius 3 is 2.66 bits per heavy atom. The van der Waals surface area contributed by atoms with Crippen molar-refractivity contribution in [2.75, 3.05) is 40.0 Å². The fourth-order valence-corrected chi connectivity index (χ4v) is 5.83. The molecule has 1 atom stereocenters. The standard InChI is InChI=1S/C30H35ClN2O4S/c1-21(2)22-8-10-25(11-9-22)37-20-27-26-13-17-38-28(26)12-15-33(27)29(34)19-32(14-5-16-36-3)30(35)23-6-4-7-24(31)18-23/h4,6-11,13,17-18,21,27H,5,12,14-16,19-20H2,1-3H3. The van der Waals surface area contributed by atoms with Crippen LogP contribution in [0.25, 0.3) is 0 Å². The van der Waals surface area contributed by atoms with E-state index in [-0.39, 0.29) is 24.4 Å². The number of fused-ring (bicyclic) bond motifs is 1. The summed E-state index contributed by atoms with van der Waals surface area (Å²) in [4.78, 5) is 31.9. The fourth-order valence-electron chi connectivity index (χ4n) is 4.71. The van der Waals surface area contributed by atoms with Crippen LogP contribution in [0.2, 0.25) is 5.02 Å². The van der Waals surface area contributed by atoms with Crippen molar-refractivity contribution in [3.05, 3.63) is 86.6 Å². The number of hydrogen-bond acceptors (Lipinski definition) is 5. The van der Waals surface area contributed by atoms with E-state index >= 15 is 0 Å². The van der Waals surface area contributed by atoms with Crippen LogP contribution in [0, 0.1) is 0 Å². The molecule has 0 N–H and O–H groups in total. The Morgan fingerprint density at radius 1 is 1.16 bits per heavy atom. The zero-order valence-electron chi connectivity index (χ0n) is 22.2. The van der Waals surface area contributed by atoms with Crippen LogP contribution in [-0.4, -0.2) is 61.6 Å². The van der Waals surface area contributed by atoms with Crippen LogP contribution in [0.4, 0.5) is 0 Å². The minimum atomic E-state index is -0.219. The summed E-state index contributed by atoms with van der Waals surface area (Å²) < 4.78 is 11.4. The van der Waals surface area contributed by atoms with Gasteiger partial charge in [0.2, 0.25) is 5.91 Å². The molecule has 1 aromatic heterocycles. The smallest absolute Gasteiger partial charge is 0.254 e. The molecule has 0 spiro atoms. The largest absolute Gasteiger partial charge is 0.491 e. The number of carbonyl (C=O) groups excluding carboxylic acids is 2. The average Bonchev–Trinajstić information content (AvgIpc) is 3.40. The van der Waals surface area contributed by atoms with Gasteiger partial charge in [-0.25, -0.2) is 0 Å². The van der Waals surface area contributed by atoms with Crippen molar-refractivity contribution in [1.29, 1.82) is 0 Å². The third-order valence-electron chi connectivity index (χ3n) is 6.83. The van der Waals surface area contributed by atoms with E-state index in [9.17, 15) is 9.59 Å². The molecule has 2 aromatic carbocycles. The molecule has 0 radical (unpaired) electrons. The van der Waals surface area contributed by atoms with E-state index in [1.54, 1.807) is 47.6 Å². The lowest BCUT2D eigenvalue weighted by Crippen LogP contribution is -2.48. The number of nitrogens with zero attached hydrogens (tertiary/aromatic N) is 2. The van der Waals surface area contributed by atoms with Gasteiger partial charge in [0.05, 0.1) is 6.04 Å². The average molecular weight is 555 g/mol. The summed E-state index contributed by atoms with van der Waals surface area (Å²) in [6.07, 6.45) is 1.42. The van der Waals surface area contributed by atoms with Gasteiger partial charge in [0.15, 0.2) is 0 Å². The molecule has 0 saturated carbocycles. The van der Waals surface area contributed by atoms with Gasteiger partial charge in [-0.15, -0.1) is 11.3 Å². The molecular formula is C30H35ClN2O4S. The van der Waals surface area contributed by atoms with Crippen molar-refractivity contribution >= 4 is 34.8 Å². The van der Waals surface area contributed by atoms with Gasteiger partial charge < -0.3 is 19.3 Å². The molecule has 0 bridgehead atoms. The number of carbonyl (C=O) groups is 2. The van der Waals surface area contributed by atoms with Gasteiger partial charge in [0, 0.05) is 42.3 Å². The molecule has 1 aliphatic rings. The minimum Gasteiger partial charge on any atom is -0.491 e. The number of methoxy groups -OCH3 is 1. The molecule has 6 nitrogen and oxygen atoms in total. The van der Waals surface area contributed by atoms with Gasteiger partial charge in [0.1, 0.15) is 18.9 Å². The second kappa shape index (κ2) is 13.3. The molecule has 0 saturated heterocycles. The summed E-state index contributed by atoms with van der Waals surface area (Å²) in [5.41, 5.74) is 2.84. The molecule has 2 amide bonds. The summed E-state index contributed by atoms with van der Waals surface area (Å²) in [6, 6.07) is 16.8. The van der Waals surface area contributed by atoms with Crippen LogP contribution in [-0.2, 0) is 16.0 Å². The van der Waals surface area contributed by atoms with E-state index in [1.165, 1.54) is 10.4 Å². The Morgan fingerprint density at radius 2 is 1.95 bits per heavy atom. The first-order chi connectivity index (χ1) is 18.4. The molecule has 0 fully saturated rings. The molecule has 0 aliphatic carbocycles. The number of thiophene rings is 1. The van der Waals surface area contributed by atoms with Gasteiger partial charge in [-0.05, 0) is 71.7 Å². The second-order valence-corrected chi connectivity index (χ2v) is 11.2. The highest BCUT2D eigenvalue weighted by molar-refractivity contribution is 7.10. The van der Waals surface area contributed by atoms with E-state index in [2.05, 4.69) is 37.4 Å². The minimum absolute atomic E-state index is 0.0197. The lowest BCUT2D eigenvalue weighted by Gasteiger charge is -2.37. The number of amides is 2. The van der Waals surface area contributed by atoms with Gasteiger partial charge in [-0.2, -0.15) is 0 Å². The Labute approximate surface area is 234 Å². The fraction of sp³-hybridized carbons (Fsp3) is 0.400. The molecule has 1 unspecified atom stereocenters. The van der Waals surface area contributed by atoms with Crippen molar-refractivity contribution in [2.45, 2.75) is 38.6 Å². The van der Waals surface area contributed by atoms with Gasteiger partial charge in [-0.1, -0.05) is 43.6 Å². The monoisotopic (exact) mass is 554 g/mol. The lowest BCUT2D eigenvalue weighted by atomic mass is 10.00. The van der Waals surface area contributed by atoms with E-state index in [0.717, 1.165) is 17.7 Å². The Hall–Kier alpha value is -2.87. The topological polar surface area (TPSA) is 59.1 Å². The normalized spacial score (nSPS) is 14.9. The Balaban J connectivity index is 1.51. The maximum absolute atomic E-state index is 13.7. The highest BCUT2D eigenvalue weighted by Crippen LogP contribution is 2.34. The number of halogens is 1. The van der Waals surface area contributed by atoms with Crippen LogP contribution in [0.15, 0.2) is 60.0 Å². The maximum Gasteiger partial charge on any atom is 0.254 e. The molecule has 38 heavy (non-hydrogen) atoms. The quantitative estimate of drug-likeness (QED) is 0.264. The molecule has 2 heterocycles. The SMILES string of the molecule is COCCCN(CC(=O)N1CCc2sccc2C1COc1ccc(C(C)C)cc1)C(=O)c1cccc(Cl)c1. The first-order valence-corrected chi connectivity index (χ1v) is 14.3. The first kappa shape index (κ1) is 28.1.